The summed E-state index contributed by atoms with van der Waals surface area (Å²) in [5, 5.41) is 0. The quantitative estimate of drug-likeness (QED) is 0.845. The summed E-state index contributed by atoms with van der Waals surface area (Å²) in [6.07, 6.45) is 0. The molecule has 1 aromatic heterocycles. The molecule has 1 atom stereocenters. The Hall–Kier alpha value is -2.14. The highest BCUT2D eigenvalue weighted by molar-refractivity contribution is 5.29. The van der Waals surface area contributed by atoms with Crippen LogP contribution in [0.2, 0.25) is 0 Å². The number of rotatable bonds is 5. The third-order valence-corrected chi connectivity index (χ3v) is 4.65. The molecular weight excluding hydrogens is 302 g/mol. The molecule has 0 saturated heterocycles. The van der Waals surface area contributed by atoms with Gasteiger partial charge in [-0.1, -0.05) is 38.1 Å². The van der Waals surface area contributed by atoms with Gasteiger partial charge in [0.2, 0.25) is 0 Å². The maximum atomic E-state index is 12.1. The number of benzene rings is 1. The van der Waals surface area contributed by atoms with E-state index in [0.717, 1.165) is 10.3 Å². The molecule has 1 aromatic carbocycles. The van der Waals surface area contributed by atoms with Gasteiger partial charge in [0.05, 0.1) is 0 Å². The van der Waals surface area contributed by atoms with Crippen LogP contribution in [0.1, 0.15) is 36.7 Å². The zero-order valence-electron chi connectivity index (χ0n) is 15.4. The predicted octanol–water partition coefficient (Wildman–Crippen LogP) is 2.22. The standard InChI is InChI=1S/C19H27N3O2/c1-13(2)18(16-10-8-7-9-14(16)3)20(4)12-15-11-17(23)22(6)19(24)21(15)5/h7-11,13,18H,12H2,1-6H3/t18-/m0/s1. The summed E-state index contributed by atoms with van der Waals surface area (Å²) in [5.41, 5.74) is 2.70. The molecule has 0 unspecified atom stereocenters. The zero-order valence-corrected chi connectivity index (χ0v) is 15.4. The molecule has 0 N–H and O–H groups in total. The second-order valence-corrected chi connectivity index (χ2v) is 6.84. The van der Waals surface area contributed by atoms with Gasteiger partial charge in [-0.2, -0.15) is 0 Å². The van der Waals surface area contributed by atoms with Crippen LogP contribution in [0.4, 0.5) is 0 Å². The van der Waals surface area contributed by atoms with Crippen LogP contribution in [-0.4, -0.2) is 21.1 Å². The summed E-state index contributed by atoms with van der Waals surface area (Å²) >= 11 is 0. The minimum atomic E-state index is -0.289. The monoisotopic (exact) mass is 329 g/mol. The highest BCUT2D eigenvalue weighted by atomic mass is 16.2. The topological polar surface area (TPSA) is 47.2 Å². The van der Waals surface area contributed by atoms with Crippen molar-refractivity contribution in [1.82, 2.24) is 14.0 Å². The molecule has 0 aliphatic carbocycles. The van der Waals surface area contributed by atoms with Gasteiger partial charge in [0, 0.05) is 38.4 Å². The van der Waals surface area contributed by atoms with Crippen molar-refractivity contribution >= 4 is 0 Å². The number of nitrogens with zero attached hydrogens (tertiary/aromatic N) is 3. The molecule has 0 spiro atoms. The van der Waals surface area contributed by atoms with Crippen molar-refractivity contribution in [3.8, 4) is 0 Å². The van der Waals surface area contributed by atoms with Crippen LogP contribution >= 0.6 is 0 Å². The van der Waals surface area contributed by atoms with Gasteiger partial charge in [-0.25, -0.2) is 4.79 Å². The molecular formula is C19H27N3O2. The molecule has 5 nitrogen and oxygen atoms in total. The average Bonchev–Trinajstić information content (AvgIpc) is 2.52. The van der Waals surface area contributed by atoms with E-state index in [-0.39, 0.29) is 17.3 Å². The predicted molar refractivity (Wildman–Crippen MR) is 97.1 cm³/mol. The molecule has 2 aromatic rings. The van der Waals surface area contributed by atoms with Crippen LogP contribution in [0.15, 0.2) is 39.9 Å². The van der Waals surface area contributed by atoms with Crippen LogP contribution in [0.25, 0.3) is 0 Å². The van der Waals surface area contributed by atoms with E-state index >= 15 is 0 Å². The van der Waals surface area contributed by atoms with Crippen LogP contribution in [0, 0.1) is 12.8 Å². The lowest BCUT2D eigenvalue weighted by Gasteiger charge is -2.33. The van der Waals surface area contributed by atoms with Gasteiger partial charge in [-0.15, -0.1) is 0 Å². The number of aromatic nitrogens is 2. The molecule has 0 radical (unpaired) electrons. The van der Waals surface area contributed by atoms with Crippen molar-refractivity contribution in [2.75, 3.05) is 7.05 Å². The van der Waals surface area contributed by atoms with Gasteiger partial charge in [0.15, 0.2) is 0 Å². The highest BCUT2D eigenvalue weighted by Crippen LogP contribution is 2.30. The summed E-state index contributed by atoms with van der Waals surface area (Å²) in [7, 11) is 5.25. The Labute approximate surface area is 143 Å². The first kappa shape index (κ1) is 18.2. The van der Waals surface area contributed by atoms with Crippen molar-refractivity contribution < 1.29 is 0 Å². The van der Waals surface area contributed by atoms with E-state index in [9.17, 15) is 9.59 Å². The summed E-state index contributed by atoms with van der Waals surface area (Å²) in [5.74, 6) is 0.402. The molecule has 5 heteroatoms. The Kier molecular flexibility index (Phi) is 5.44. The van der Waals surface area contributed by atoms with E-state index in [1.807, 2.05) is 13.1 Å². The second kappa shape index (κ2) is 7.18. The first-order valence-electron chi connectivity index (χ1n) is 8.25. The Morgan fingerprint density at radius 3 is 2.29 bits per heavy atom. The smallest absolute Gasteiger partial charge is 0.299 e. The molecule has 0 aliphatic rings. The molecule has 2 rings (SSSR count). The third kappa shape index (κ3) is 3.51. The summed E-state index contributed by atoms with van der Waals surface area (Å²) in [4.78, 5) is 26.3. The lowest BCUT2D eigenvalue weighted by Crippen LogP contribution is -2.40. The lowest BCUT2D eigenvalue weighted by atomic mass is 9.91. The third-order valence-electron chi connectivity index (χ3n) is 4.65. The van der Waals surface area contributed by atoms with E-state index < -0.39 is 0 Å². The van der Waals surface area contributed by atoms with Gasteiger partial charge in [-0.3, -0.25) is 18.8 Å². The summed E-state index contributed by atoms with van der Waals surface area (Å²) in [6, 6.07) is 10.1. The molecule has 1 heterocycles. The van der Waals surface area contributed by atoms with Crippen LogP contribution in [0.5, 0.6) is 0 Å². The van der Waals surface area contributed by atoms with Crippen molar-refractivity contribution in [2.45, 2.75) is 33.4 Å². The first-order valence-corrected chi connectivity index (χ1v) is 8.25. The van der Waals surface area contributed by atoms with Gasteiger partial charge in [0.25, 0.3) is 5.56 Å². The molecule has 0 bridgehead atoms. The van der Waals surface area contributed by atoms with E-state index in [4.69, 9.17) is 0 Å². The normalized spacial score (nSPS) is 12.8. The van der Waals surface area contributed by atoms with Crippen LogP contribution < -0.4 is 11.2 Å². The first-order chi connectivity index (χ1) is 11.2. The lowest BCUT2D eigenvalue weighted by molar-refractivity contribution is 0.181. The average molecular weight is 329 g/mol. The van der Waals surface area contributed by atoms with Gasteiger partial charge in [0.1, 0.15) is 0 Å². The Morgan fingerprint density at radius 2 is 1.71 bits per heavy atom. The Bertz CT molecular complexity index is 833. The Balaban J connectivity index is 2.40. The number of hydrogen-bond donors (Lipinski definition) is 0. The Morgan fingerprint density at radius 1 is 1.08 bits per heavy atom. The van der Waals surface area contributed by atoms with E-state index in [0.29, 0.717) is 12.5 Å². The van der Waals surface area contributed by atoms with E-state index in [2.05, 4.69) is 43.9 Å². The maximum Gasteiger partial charge on any atom is 0.330 e. The fraction of sp³-hybridized carbons (Fsp3) is 0.474. The SMILES string of the molecule is Cc1ccccc1[C@H](C(C)C)N(C)Cc1cc(=O)n(C)c(=O)n1C. The fourth-order valence-corrected chi connectivity index (χ4v) is 3.31. The summed E-state index contributed by atoms with van der Waals surface area (Å²) < 4.78 is 2.68. The second-order valence-electron chi connectivity index (χ2n) is 6.84. The van der Waals surface area contributed by atoms with Crippen LogP contribution in [0.3, 0.4) is 0 Å². The molecule has 24 heavy (non-hydrogen) atoms. The fourth-order valence-electron chi connectivity index (χ4n) is 3.31. The molecule has 0 aliphatic heterocycles. The van der Waals surface area contributed by atoms with Gasteiger partial charge >= 0.3 is 5.69 Å². The largest absolute Gasteiger partial charge is 0.330 e. The molecule has 130 valence electrons. The molecule has 0 amide bonds. The van der Waals surface area contributed by atoms with Crippen LogP contribution in [-0.2, 0) is 20.6 Å². The minimum absolute atomic E-state index is 0.213. The molecule has 0 saturated carbocycles. The number of aryl methyl sites for hydroxylation is 1. The zero-order chi connectivity index (χ0) is 18.0. The van der Waals surface area contributed by atoms with Crippen molar-refractivity contribution in [3.05, 3.63) is 68.0 Å². The van der Waals surface area contributed by atoms with E-state index in [1.165, 1.54) is 18.2 Å². The maximum absolute atomic E-state index is 12.1. The molecule has 0 fully saturated rings. The van der Waals surface area contributed by atoms with E-state index in [1.54, 1.807) is 17.7 Å². The van der Waals surface area contributed by atoms with Crippen molar-refractivity contribution in [3.63, 3.8) is 0 Å². The number of hydrogen-bond acceptors (Lipinski definition) is 3. The van der Waals surface area contributed by atoms with Gasteiger partial charge in [-0.05, 0) is 31.0 Å². The van der Waals surface area contributed by atoms with Gasteiger partial charge < -0.3 is 0 Å². The summed E-state index contributed by atoms with van der Waals surface area (Å²) in [6.45, 7) is 7.04. The van der Waals surface area contributed by atoms with Crippen molar-refractivity contribution in [1.29, 1.82) is 0 Å². The highest BCUT2D eigenvalue weighted by Gasteiger charge is 2.23. The van der Waals surface area contributed by atoms with Crippen molar-refractivity contribution in [2.24, 2.45) is 20.0 Å². The minimum Gasteiger partial charge on any atom is -0.299 e.